The third kappa shape index (κ3) is 5.17. The van der Waals surface area contributed by atoms with Crippen molar-refractivity contribution in [3.8, 4) is 0 Å². The largest absolute Gasteiger partial charge is 0.394 e. The summed E-state index contributed by atoms with van der Waals surface area (Å²) in [4.78, 5) is 50.1. The lowest BCUT2D eigenvalue weighted by Crippen LogP contribution is -2.60. The Balaban J connectivity index is 1.50. The fourth-order valence-corrected chi connectivity index (χ4v) is 8.65. The Hall–Kier alpha value is -4.27. The SMILES string of the molecule is C=CCN(C(=O)C1N([C@@H](CO)[C@@H](C)CC)C(=O)[C@@H]2[C@H](C(=O)N(CC=C)c3ccccc3)[C@]3(CC)CCC12O3)c1ccc2ccccc2c1. The van der Waals surface area contributed by atoms with E-state index in [2.05, 4.69) is 13.2 Å². The Kier molecular flexibility index (Phi) is 9.33. The summed E-state index contributed by atoms with van der Waals surface area (Å²) in [6.45, 7) is 14.0. The Morgan fingerprint density at radius 2 is 1.58 bits per heavy atom. The minimum atomic E-state index is -1.24. The zero-order valence-electron chi connectivity index (χ0n) is 28.3. The highest BCUT2D eigenvalue weighted by Crippen LogP contribution is 2.65. The summed E-state index contributed by atoms with van der Waals surface area (Å²) in [7, 11) is 0. The quantitative estimate of drug-likeness (QED) is 0.225. The molecule has 252 valence electrons. The first-order chi connectivity index (χ1) is 23.2. The number of benzene rings is 3. The minimum absolute atomic E-state index is 0.105. The molecule has 1 spiro atoms. The number of carbonyl (C=O) groups is 3. The summed E-state index contributed by atoms with van der Waals surface area (Å²) in [6.07, 6.45) is 5.58. The molecular weight excluding hydrogens is 602 g/mol. The smallest absolute Gasteiger partial charge is 0.253 e. The molecule has 0 aliphatic carbocycles. The van der Waals surface area contributed by atoms with Gasteiger partial charge >= 0.3 is 0 Å². The van der Waals surface area contributed by atoms with E-state index in [0.29, 0.717) is 37.1 Å². The van der Waals surface area contributed by atoms with Crippen molar-refractivity contribution in [2.24, 2.45) is 17.8 Å². The zero-order valence-corrected chi connectivity index (χ0v) is 28.3. The van der Waals surface area contributed by atoms with Crippen LogP contribution >= 0.6 is 0 Å². The lowest BCUT2D eigenvalue weighted by molar-refractivity contribution is -0.150. The van der Waals surface area contributed by atoms with Gasteiger partial charge in [0.15, 0.2) is 0 Å². The van der Waals surface area contributed by atoms with Crippen LogP contribution in [-0.4, -0.2) is 70.7 Å². The van der Waals surface area contributed by atoms with E-state index in [1.165, 1.54) is 0 Å². The second kappa shape index (κ2) is 13.3. The molecule has 3 aromatic rings. The first-order valence-corrected chi connectivity index (χ1v) is 17.2. The number of nitrogens with zero attached hydrogens (tertiary/aromatic N) is 3. The van der Waals surface area contributed by atoms with Crippen LogP contribution in [0.3, 0.4) is 0 Å². The van der Waals surface area contributed by atoms with Crippen LogP contribution in [0.25, 0.3) is 10.8 Å². The highest BCUT2D eigenvalue weighted by atomic mass is 16.5. The van der Waals surface area contributed by atoms with Crippen LogP contribution in [0.15, 0.2) is 98.1 Å². The van der Waals surface area contributed by atoms with Crippen molar-refractivity contribution in [3.05, 3.63) is 98.1 Å². The highest BCUT2D eigenvalue weighted by molar-refractivity contribution is 6.07. The van der Waals surface area contributed by atoms with Gasteiger partial charge in [-0.1, -0.05) is 87.9 Å². The topological polar surface area (TPSA) is 90.4 Å². The third-order valence-corrected chi connectivity index (χ3v) is 11.2. The monoisotopic (exact) mass is 649 g/mol. The van der Waals surface area contributed by atoms with E-state index >= 15 is 9.59 Å². The van der Waals surface area contributed by atoms with Gasteiger partial charge in [-0.05, 0) is 60.2 Å². The van der Waals surface area contributed by atoms with Crippen molar-refractivity contribution >= 4 is 39.9 Å². The summed E-state index contributed by atoms with van der Waals surface area (Å²) in [5.41, 5.74) is -0.755. The molecule has 3 aliphatic rings. The minimum Gasteiger partial charge on any atom is -0.394 e. The van der Waals surface area contributed by atoms with Gasteiger partial charge in [0.1, 0.15) is 11.6 Å². The van der Waals surface area contributed by atoms with Crippen molar-refractivity contribution in [3.63, 3.8) is 0 Å². The molecule has 3 aromatic carbocycles. The lowest BCUT2D eigenvalue weighted by atomic mass is 9.64. The Morgan fingerprint density at radius 1 is 0.938 bits per heavy atom. The Morgan fingerprint density at radius 3 is 2.21 bits per heavy atom. The highest BCUT2D eigenvalue weighted by Gasteiger charge is 2.79. The molecule has 8 heteroatoms. The van der Waals surface area contributed by atoms with Crippen LogP contribution in [0.4, 0.5) is 11.4 Å². The number of aliphatic hydroxyl groups is 1. The van der Waals surface area contributed by atoms with E-state index < -0.39 is 35.1 Å². The Labute approximate surface area is 283 Å². The molecule has 8 nitrogen and oxygen atoms in total. The number of ether oxygens (including phenoxy) is 1. The lowest BCUT2D eigenvalue weighted by Gasteiger charge is -2.41. The Bertz CT molecular complexity index is 1710. The first kappa shape index (κ1) is 33.6. The van der Waals surface area contributed by atoms with Gasteiger partial charge in [0.05, 0.1) is 30.1 Å². The van der Waals surface area contributed by atoms with Gasteiger partial charge in [-0.3, -0.25) is 14.4 Å². The van der Waals surface area contributed by atoms with Gasteiger partial charge in [-0.15, -0.1) is 13.2 Å². The molecule has 48 heavy (non-hydrogen) atoms. The first-order valence-electron chi connectivity index (χ1n) is 17.2. The molecule has 3 heterocycles. The normalized spacial score (nSPS) is 27.0. The zero-order chi connectivity index (χ0) is 34.2. The van der Waals surface area contributed by atoms with Crippen molar-refractivity contribution in [1.29, 1.82) is 0 Å². The van der Waals surface area contributed by atoms with Gasteiger partial charge in [0, 0.05) is 24.5 Å². The predicted octanol–water partition coefficient (Wildman–Crippen LogP) is 6.14. The molecule has 0 saturated carbocycles. The average Bonchev–Trinajstić information content (AvgIpc) is 3.73. The molecule has 1 N–H and O–H groups in total. The van der Waals surface area contributed by atoms with Gasteiger partial charge in [0.2, 0.25) is 11.8 Å². The standard InChI is InChI=1S/C40H47N3O5/c1-6-23-41(30-17-11-10-12-18-30)36(45)33-34-37(46)43(32(26-44)27(5)8-3)35(40(34)22-21-39(33,9-4)48-40)38(47)42(24-7-2)31-20-19-28-15-13-14-16-29(28)25-31/h6-7,10-20,25,27,32-35,44H,1-2,8-9,21-24,26H2,3-5H3/t27-,32-,33+,34-,35?,39-,40?/m0/s1. The van der Waals surface area contributed by atoms with E-state index in [1.807, 2.05) is 93.6 Å². The molecule has 3 saturated heterocycles. The predicted molar refractivity (Wildman–Crippen MR) is 190 cm³/mol. The molecule has 0 radical (unpaired) electrons. The van der Waals surface area contributed by atoms with E-state index in [1.54, 1.807) is 26.9 Å². The number of likely N-dealkylation sites (tertiary alicyclic amines) is 1. The second-order valence-corrected chi connectivity index (χ2v) is 13.6. The molecule has 2 bridgehead atoms. The number of anilines is 2. The summed E-state index contributed by atoms with van der Waals surface area (Å²) >= 11 is 0. The van der Waals surface area contributed by atoms with Crippen molar-refractivity contribution < 1.29 is 24.2 Å². The van der Waals surface area contributed by atoms with E-state index in [-0.39, 0.29) is 43.3 Å². The fourth-order valence-electron chi connectivity index (χ4n) is 8.65. The molecule has 0 aromatic heterocycles. The average molecular weight is 650 g/mol. The molecule has 7 atom stereocenters. The van der Waals surface area contributed by atoms with Crippen molar-refractivity contribution in [1.82, 2.24) is 4.90 Å². The second-order valence-electron chi connectivity index (χ2n) is 13.6. The van der Waals surface area contributed by atoms with Gasteiger partial charge in [-0.2, -0.15) is 0 Å². The number of aliphatic hydroxyl groups excluding tert-OH is 1. The summed E-state index contributed by atoms with van der Waals surface area (Å²) < 4.78 is 7.10. The summed E-state index contributed by atoms with van der Waals surface area (Å²) in [5.74, 6) is -2.61. The van der Waals surface area contributed by atoms with Crippen LogP contribution in [0.1, 0.15) is 46.5 Å². The number of rotatable bonds is 13. The molecular formula is C40H47N3O5. The molecule has 3 amide bonds. The molecule has 3 aliphatic heterocycles. The third-order valence-electron chi connectivity index (χ3n) is 11.2. The molecule has 6 rings (SSSR count). The van der Waals surface area contributed by atoms with Crippen molar-refractivity contribution in [2.45, 2.75) is 69.7 Å². The van der Waals surface area contributed by atoms with Crippen LogP contribution in [-0.2, 0) is 19.1 Å². The number of hydrogen-bond acceptors (Lipinski definition) is 5. The fraction of sp³-hybridized carbons (Fsp3) is 0.425. The maximum absolute atomic E-state index is 15.2. The molecule has 3 fully saturated rings. The molecule has 2 unspecified atom stereocenters. The van der Waals surface area contributed by atoms with Crippen LogP contribution in [0.2, 0.25) is 0 Å². The number of carbonyl (C=O) groups excluding carboxylic acids is 3. The van der Waals surface area contributed by atoms with Crippen LogP contribution in [0.5, 0.6) is 0 Å². The number of para-hydroxylation sites is 1. The summed E-state index contributed by atoms with van der Waals surface area (Å²) in [6, 6.07) is 21.6. The number of amides is 3. The van der Waals surface area contributed by atoms with Crippen molar-refractivity contribution in [2.75, 3.05) is 29.5 Å². The van der Waals surface area contributed by atoms with Crippen LogP contribution < -0.4 is 9.80 Å². The maximum Gasteiger partial charge on any atom is 0.253 e. The summed E-state index contributed by atoms with van der Waals surface area (Å²) in [5, 5.41) is 12.9. The van der Waals surface area contributed by atoms with Gasteiger partial charge < -0.3 is 24.5 Å². The van der Waals surface area contributed by atoms with Gasteiger partial charge in [0.25, 0.3) is 5.91 Å². The number of fused-ring (bicyclic) bond motifs is 2. The maximum atomic E-state index is 15.2. The van der Waals surface area contributed by atoms with Gasteiger partial charge in [-0.25, -0.2) is 0 Å². The van der Waals surface area contributed by atoms with Crippen LogP contribution in [0, 0.1) is 17.8 Å². The number of hydrogen-bond donors (Lipinski definition) is 1. The van der Waals surface area contributed by atoms with E-state index in [4.69, 9.17) is 4.74 Å². The van der Waals surface area contributed by atoms with E-state index in [0.717, 1.165) is 10.8 Å². The van der Waals surface area contributed by atoms with E-state index in [9.17, 15) is 9.90 Å².